The molecule has 1 aromatic rings. The van der Waals surface area contributed by atoms with Crippen molar-refractivity contribution in [3.8, 4) is 0 Å². The van der Waals surface area contributed by atoms with Crippen LogP contribution in [0.15, 0.2) is 24.3 Å². The van der Waals surface area contributed by atoms with Crippen LogP contribution in [0, 0.1) is 0 Å². The lowest BCUT2D eigenvalue weighted by molar-refractivity contribution is -0.140. The first-order valence-electron chi connectivity index (χ1n) is 7.39. The molecule has 6 nitrogen and oxygen atoms in total. The molecule has 0 atom stereocenters. The van der Waals surface area contributed by atoms with Crippen molar-refractivity contribution in [2.75, 3.05) is 6.54 Å². The Hall–Kier alpha value is -2.37. The Labute approximate surface area is 128 Å². The number of fused-ring (bicyclic) bond motifs is 1. The quantitative estimate of drug-likeness (QED) is 0.854. The van der Waals surface area contributed by atoms with E-state index >= 15 is 0 Å². The fourth-order valence-electron chi connectivity index (χ4n) is 3.19. The van der Waals surface area contributed by atoms with Crippen molar-refractivity contribution < 1.29 is 19.5 Å². The largest absolute Gasteiger partial charge is 0.481 e. The summed E-state index contributed by atoms with van der Waals surface area (Å²) in [5.74, 6) is -1.35. The highest BCUT2D eigenvalue weighted by Gasteiger charge is 2.41. The number of carboxylic acids is 1. The van der Waals surface area contributed by atoms with E-state index in [1.807, 2.05) is 12.1 Å². The second-order valence-electron chi connectivity index (χ2n) is 6.07. The Morgan fingerprint density at radius 3 is 2.59 bits per heavy atom. The minimum atomic E-state index is -0.912. The van der Waals surface area contributed by atoms with Gasteiger partial charge in [-0.05, 0) is 30.9 Å². The first kappa shape index (κ1) is 14.6. The Bertz CT molecular complexity index is 637. The second-order valence-corrected chi connectivity index (χ2v) is 6.07. The van der Waals surface area contributed by atoms with Gasteiger partial charge in [-0.2, -0.15) is 0 Å². The second kappa shape index (κ2) is 5.44. The third kappa shape index (κ3) is 2.68. The molecular weight excluding hydrogens is 284 g/mol. The number of amides is 2. The number of hydrogen-bond donors (Lipinski definition) is 2. The fraction of sp³-hybridized carbons (Fsp3) is 0.438. The van der Waals surface area contributed by atoms with E-state index in [2.05, 4.69) is 5.32 Å². The molecule has 2 amide bonds. The van der Waals surface area contributed by atoms with Crippen LogP contribution in [0.1, 0.15) is 41.6 Å². The molecule has 0 aromatic heterocycles. The van der Waals surface area contributed by atoms with Crippen molar-refractivity contribution in [1.82, 2.24) is 10.2 Å². The zero-order valence-corrected chi connectivity index (χ0v) is 12.2. The molecule has 1 heterocycles. The number of nitrogens with zero attached hydrogens (tertiary/aromatic N) is 1. The van der Waals surface area contributed by atoms with E-state index in [4.69, 9.17) is 5.11 Å². The summed E-state index contributed by atoms with van der Waals surface area (Å²) in [4.78, 5) is 36.8. The molecule has 2 aliphatic rings. The van der Waals surface area contributed by atoms with Crippen molar-refractivity contribution in [1.29, 1.82) is 0 Å². The van der Waals surface area contributed by atoms with Gasteiger partial charge >= 0.3 is 5.97 Å². The number of aliphatic carboxylic acids is 1. The van der Waals surface area contributed by atoms with Crippen LogP contribution >= 0.6 is 0 Å². The van der Waals surface area contributed by atoms with Crippen LogP contribution in [0.3, 0.4) is 0 Å². The van der Waals surface area contributed by atoms with E-state index in [9.17, 15) is 14.4 Å². The predicted octanol–water partition coefficient (Wildman–Crippen LogP) is 1.16. The third-order valence-corrected chi connectivity index (χ3v) is 4.44. The Morgan fingerprint density at radius 2 is 2.00 bits per heavy atom. The van der Waals surface area contributed by atoms with Crippen LogP contribution in [0.25, 0.3) is 0 Å². The minimum Gasteiger partial charge on any atom is -0.481 e. The molecule has 22 heavy (non-hydrogen) atoms. The number of hydrogen-bond acceptors (Lipinski definition) is 3. The molecule has 0 spiro atoms. The van der Waals surface area contributed by atoms with Gasteiger partial charge in [-0.3, -0.25) is 14.4 Å². The molecule has 0 saturated heterocycles. The molecule has 2 N–H and O–H groups in total. The molecule has 1 aromatic carbocycles. The van der Waals surface area contributed by atoms with Crippen LogP contribution in [0.5, 0.6) is 0 Å². The molecule has 1 fully saturated rings. The molecule has 1 aliphatic heterocycles. The topological polar surface area (TPSA) is 86.7 Å². The summed E-state index contributed by atoms with van der Waals surface area (Å²) < 4.78 is 0. The van der Waals surface area contributed by atoms with Gasteiger partial charge in [0.15, 0.2) is 0 Å². The maximum atomic E-state index is 12.2. The summed E-state index contributed by atoms with van der Waals surface area (Å²) in [6.07, 6.45) is 2.22. The number of rotatable bonds is 5. The van der Waals surface area contributed by atoms with Crippen LogP contribution in [-0.4, -0.2) is 39.9 Å². The van der Waals surface area contributed by atoms with Gasteiger partial charge in [0.25, 0.3) is 5.91 Å². The van der Waals surface area contributed by atoms with E-state index < -0.39 is 11.5 Å². The van der Waals surface area contributed by atoms with Gasteiger partial charge in [0, 0.05) is 12.1 Å². The lowest BCUT2D eigenvalue weighted by Crippen LogP contribution is -2.56. The number of carbonyl (C=O) groups is 3. The van der Waals surface area contributed by atoms with E-state index in [0.717, 1.165) is 12.0 Å². The standard InChI is InChI=1S/C16H18N2O4/c19-13(17-16(6-3-7-16)8-14(20)21)10-18-9-11-4-1-2-5-12(11)15(18)22/h1-2,4-5H,3,6-10H2,(H,17,19)(H,20,21). The maximum absolute atomic E-state index is 12.2. The summed E-state index contributed by atoms with van der Waals surface area (Å²) in [5, 5.41) is 11.8. The summed E-state index contributed by atoms with van der Waals surface area (Å²) in [6, 6.07) is 7.30. The monoisotopic (exact) mass is 302 g/mol. The molecule has 0 bridgehead atoms. The van der Waals surface area contributed by atoms with Gasteiger partial charge in [-0.15, -0.1) is 0 Å². The van der Waals surface area contributed by atoms with Crippen molar-refractivity contribution >= 4 is 17.8 Å². The lowest BCUT2D eigenvalue weighted by atomic mass is 9.74. The maximum Gasteiger partial charge on any atom is 0.305 e. The molecule has 0 radical (unpaired) electrons. The van der Waals surface area contributed by atoms with Crippen molar-refractivity contribution in [3.05, 3.63) is 35.4 Å². The van der Waals surface area contributed by atoms with E-state index in [1.54, 1.807) is 12.1 Å². The Balaban J connectivity index is 1.61. The molecule has 1 aliphatic carbocycles. The summed E-state index contributed by atoms with van der Waals surface area (Å²) in [6.45, 7) is 0.392. The zero-order chi connectivity index (χ0) is 15.7. The normalized spacial score (nSPS) is 18.5. The van der Waals surface area contributed by atoms with E-state index in [-0.39, 0.29) is 24.8 Å². The van der Waals surface area contributed by atoms with Crippen LogP contribution in [0.4, 0.5) is 0 Å². The third-order valence-electron chi connectivity index (χ3n) is 4.44. The Morgan fingerprint density at radius 1 is 1.27 bits per heavy atom. The van der Waals surface area contributed by atoms with Crippen molar-refractivity contribution in [2.45, 2.75) is 37.8 Å². The first-order valence-corrected chi connectivity index (χ1v) is 7.39. The highest BCUT2D eigenvalue weighted by atomic mass is 16.4. The van der Waals surface area contributed by atoms with Crippen LogP contribution in [0.2, 0.25) is 0 Å². The van der Waals surface area contributed by atoms with Gasteiger partial charge < -0.3 is 15.3 Å². The first-order chi connectivity index (χ1) is 10.5. The number of benzene rings is 1. The smallest absolute Gasteiger partial charge is 0.305 e. The van der Waals surface area contributed by atoms with Crippen molar-refractivity contribution in [2.24, 2.45) is 0 Å². The van der Waals surface area contributed by atoms with Gasteiger partial charge in [0.2, 0.25) is 5.91 Å². The summed E-state index contributed by atoms with van der Waals surface area (Å²) in [5.41, 5.74) is 0.932. The van der Waals surface area contributed by atoms with Gasteiger partial charge in [0.1, 0.15) is 6.54 Å². The van der Waals surface area contributed by atoms with E-state index in [1.165, 1.54) is 4.90 Å². The van der Waals surface area contributed by atoms with Crippen molar-refractivity contribution in [3.63, 3.8) is 0 Å². The van der Waals surface area contributed by atoms with E-state index in [0.29, 0.717) is 24.9 Å². The Kier molecular flexibility index (Phi) is 3.60. The molecule has 116 valence electrons. The number of nitrogens with one attached hydrogen (secondary N) is 1. The average Bonchev–Trinajstić information content (AvgIpc) is 2.73. The van der Waals surface area contributed by atoms with Crippen LogP contribution < -0.4 is 5.32 Å². The molecule has 6 heteroatoms. The summed E-state index contributed by atoms with van der Waals surface area (Å²) >= 11 is 0. The predicted molar refractivity (Wildman–Crippen MR) is 78.2 cm³/mol. The van der Waals surface area contributed by atoms with Gasteiger partial charge in [-0.25, -0.2) is 0 Å². The zero-order valence-electron chi connectivity index (χ0n) is 12.2. The number of carbonyl (C=O) groups excluding carboxylic acids is 2. The number of carboxylic acid groups (broad SMARTS) is 1. The highest BCUT2D eigenvalue weighted by Crippen LogP contribution is 2.35. The molecule has 3 rings (SSSR count). The van der Waals surface area contributed by atoms with Gasteiger partial charge in [-0.1, -0.05) is 18.2 Å². The average molecular weight is 302 g/mol. The fourth-order valence-corrected chi connectivity index (χ4v) is 3.19. The highest BCUT2D eigenvalue weighted by molar-refractivity contribution is 6.00. The molecule has 1 saturated carbocycles. The van der Waals surface area contributed by atoms with Gasteiger partial charge in [0.05, 0.1) is 12.0 Å². The molecule has 0 unspecified atom stereocenters. The molecular formula is C16H18N2O4. The SMILES string of the molecule is O=C(O)CC1(NC(=O)CN2Cc3ccccc3C2=O)CCC1. The summed E-state index contributed by atoms with van der Waals surface area (Å²) in [7, 11) is 0. The lowest BCUT2D eigenvalue weighted by Gasteiger charge is -2.41. The van der Waals surface area contributed by atoms with Crippen LogP contribution in [-0.2, 0) is 16.1 Å². The minimum absolute atomic E-state index is 0.0329.